The molecular weight excluding hydrogens is 233 g/mol. The van der Waals surface area contributed by atoms with Gasteiger partial charge in [-0.1, -0.05) is 19.1 Å². The number of benzene rings is 1. The van der Waals surface area contributed by atoms with Gasteiger partial charge in [0.05, 0.1) is 0 Å². The minimum absolute atomic E-state index is 0.159. The third kappa shape index (κ3) is 2.83. The normalized spacial score (nSPS) is 26.1. The summed E-state index contributed by atoms with van der Waals surface area (Å²) in [5.74, 6) is 1.08. The minimum atomic E-state index is -0.159. The molecule has 2 atom stereocenters. The molecular formula is C14H20FNS. The lowest BCUT2D eigenvalue weighted by atomic mass is 9.90. The predicted octanol–water partition coefficient (Wildman–Crippen LogP) is 3.76. The van der Waals surface area contributed by atoms with Gasteiger partial charge in [0.1, 0.15) is 5.82 Å². The summed E-state index contributed by atoms with van der Waals surface area (Å²) >= 11 is 2.04. The van der Waals surface area contributed by atoms with Crippen LogP contribution in [0.1, 0.15) is 38.3 Å². The van der Waals surface area contributed by atoms with E-state index < -0.39 is 0 Å². The molecule has 0 radical (unpaired) electrons. The first-order valence-corrected chi connectivity index (χ1v) is 7.27. The van der Waals surface area contributed by atoms with Gasteiger partial charge in [-0.3, -0.25) is 0 Å². The number of rotatable bonds is 4. The van der Waals surface area contributed by atoms with Crippen molar-refractivity contribution in [2.24, 2.45) is 0 Å². The number of thioether (sulfide) groups is 1. The predicted molar refractivity (Wildman–Crippen MR) is 72.9 cm³/mol. The van der Waals surface area contributed by atoms with Crippen molar-refractivity contribution in [2.75, 3.05) is 12.3 Å². The number of hydrogen-bond donors (Lipinski definition) is 1. The second-order valence-electron chi connectivity index (χ2n) is 4.81. The molecule has 0 aromatic heterocycles. The molecule has 3 heteroatoms. The Labute approximate surface area is 107 Å². The Balaban J connectivity index is 2.24. The number of halogens is 1. The summed E-state index contributed by atoms with van der Waals surface area (Å²) in [5, 5.41) is 3.56. The molecule has 1 nitrogen and oxygen atoms in total. The first-order valence-electron chi connectivity index (χ1n) is 6.28. The lowest BCUT2D eigenvalue weighted by Gasteiger charge is -2.34. The maximum absolute atomic E-state index is 13.0. The molecule has 1 saturated heterocycles. The lowest BCUT2D eigenvalue weighted by Crippen LogP contribution is -2.37. The Morgan fingerprint density at radius 2 is 2.12 bits per heavy atom. The SMILES string of the molecule is CCNC(c1ccc(F)cc1)C1(C)CCCS1. The van der Waals surface area contributed by atoms with E-state index in [-0.39, 0.29) is 10.6 Å². The number of hydrogen-bond acceptors (Lipinski definition) is 2. The Hall–Kier alpha value is -0.540. The third-order valence-electron chi connectivity index (χ3n) is 3.47. The zero-order valence-electron chi connectivity index (χ0n) is 10.5. The molecule has 94 valence electrons. The summed E-state index contributed by atoms with van der Waals surface area (Å²) in [6.45, 7) is 5.39. The van der Waals surface area contributed by atoms with Crippen LogP contribution in [-0.2, 0) is 0 Å². The Bertz CT molecular complexity index is 357. The van der Waals surface area contributed by atoms with E-state index in [1.807, 2.05) is 23.9 Å². The van der Waals surface area contributed by atoms with Crippen molar-refractivity contribution in [1.29, 1.82) is 0 Å². The maximum atomic E-state index is 13.0. The molecule has 1 aromatic rings. The Kier molecular flexibility index (Phi) is 4.10. The van der Waals surface area contributed by atoms with Gasteiger partial charge in [-0.05, 0) is 49.8 Å². The monoisotopic (exact) mass is 253 g/mol. The largest absolute Gasteiger partial charge is 0.309 e. The topological polar surface area (TPSA) is 12.0 Å². The van der Waals surface area contributed by atoms with Crippen molar-refractivity contribution in [3.05, 3.63) is 35.6 Å². The quantitative estimate of drug-likeness (QED) is 0.877. The van der Waals surface area contributed by atoms with Gasteiger partial charge < -0.3 is 5.32 Å². The van der Waals surface area contributed by atoms with Crippen LogP contribution in [0.2, 0.25) is 0 Å². The smallest absolute Gasteiger partial charge is 0.123 e. The van der Waals surface area contributed by atoms with Gasteiger partial charge in [0, 0.05) is 10.8 Å². The van der Waals surface area contributed by atoms with Crippen LogP contribution in [-0.4, -0.2) is 17.0 Å². The van der Waals surface area contributed by atoms with Crippen molar-refractivity contribution < 1.29 is 4.39 Å². The summed E-state index contributed by atoms with van der Waals surface area (Å²) in [5.41, 5.74) is 1.20. The molecule has 1 aliphatic heterocycles. The van der Waals surface area contributed by atoms with Crippen molar-refractivity contribution in [3.63, 3.8) is 0 Å². The van der Waals surface area contributed by atoms with E-state index in [2.05, 4.69) is 19.2 Å². The Morgan fingerprint density at radius 1 is 1.41 bits per heavy atom. The van der Waals surface area contributed by atoms with Crippen LogP contribution in [0.4, 0.5) is 4.39 Å². The molecule has 1 aliphatic rings. The highest BCUT2D eigenvalue weighted by molar-refractivity contribution is 8.00. The molecule has 0 aliphatic carbocycles. The summed E-state index contributed by atoms with van der Waals surface area (Å²) in [7, 11) is 0. The Morgan fingerprint density at radius 3 is 2.65 bits per heavy atom. The molecule has 1 aromatic carbocycles. The summed E-state index contributed by atoms with van der Waals surface area (Å²) in [6.07, 6.45) is 2.51. The molecule has 1 fully saturated rings. The van der Waals surface area contributed by atoms with Crippen LogP contribution >= 0.6 is 11.8 Å². The average molecular weight is 253 g/mol. The second kappa shape index (κ2) is 5.40. The molecule has 0 amide bonds. The zero-order chi connectivity index (χ0) is 12.3. The van der Waals surface area contributed by atoms with Crippen LogP contribution in [0.25, 0.3) is 0 Å². The highest BCUT2D eigenvalue weighted by Gasteiger charge is 2.38. The van der Waals surface area contributed by atoms with E-state index in [1.54, 1.807) is 12.1 Å². The van der Waals surface area contributed by atoms with Crippen LogP contribution in [0.3, 0.4) is 0 Å². The van der Waals surface area contributed by atoms with Gasteiger partial charge >= 0.3 is 0 Å². The first kappa shape index (κ1) is 12.9. The summed E-state index contributed by atoms with van der Waals surface area (Å²) < 4.78 is 13.2. The van der Waals surface area contributed by atoms with Crippen molar-refractivity contribution >= 4 is 11.8 Å². The van der Waals surface area contributed by atoms with E-state index in [9.17, 15) is 4.39 Å². The van der Waals surface area contributed by atoms with Crippen LogP contribution in [0.15, 0.2) is 24.3 Å². The molecule has 0 spiro atoms. The molecule has 17 heavy (non-hydrogen) atoms. The van der Waals surface area contributed by atoms with E-state index in [4.69, 9.17) is 0 Å². The standard InChI is InChI=1S/C14H20FNS/c1-3-16-13(14(2)9-4-10-17-14)11-5-7-12(15)8-6-11/h5-8,13,16H,3-4,9-10H2,1-2H3. The van der Waals surface area contributed by atoms with Crippen LogP contribution in [0.5, 0.6) is 0 Å². The van der Waals surface area contributed by atoms with Crippen molar-refractivity contribution in [1.82, 2.24) is 5.32 Å². The van der Waals surface area contributed by atoms with Crippen molar-refractivity contribution in [2.45, 2.75) is 37.5 Å². The highest BCUT2D eigenvalue weighted by atomic mass is 32.2. The molecule has 0 saturated carbocycles. The van der Waals surface area contributed by atoms with Gasteiger partial charge in [0.15, 0.2) is 0 Å². The molecule has 2 unspecified atom stereocenters. The van der Waals surface area contributed by atoms with E-state index in [0.717, 1.165) is 6.54 Å². The molecule has 2 rings (SSSR count). The van der Waals surface area contributed by atoms with Gasteiger partial charge in [-0.25, -0.2) is 4.39 Å². The van der Waals surface area contributed by atoms with Crippen LogP contribution < -0.4 is 5.32 Å². The summed E-state index contributed by atoms with van der Waals surface area (Å²) in [4.78, 5) is 0. The van der Waals surface area contributed by atoms with E-state index in [0.29, 0.717) is 6.04 Å². The molecule has 1 heterocycles. The third-order valence-corrected chi connectivity index (χ3v) is 5.06. The highest BCUT2D eigenvalue weighted by Crippen LogP contribution is 2.46. The average Bonchev–Trinajstić information content (AvgIpc) is 2.75. The fourth-order valence-electron chi connectivity index (χ4n) is 2.57. The fraction of sp³-hybridized carbons (Fsp3) is 0.571. The van der Waals surface area contributed by atoms with E-state index in [1.165, 1.54) is 24.2 Å². The van der Waals surface area contributed by atoms with Crippen molar-refractivity contribution in [3.8, 4) is 0 Å². The molecule has 1 N–H and O–H groups in total. The lowest BCUT2D eigenvalue weighted by molar-refractivity contribution is 0.421. The fourth-order valence-corrected chi connectivity index (χ4v) is 4.00. The minimum Gasteiger partial charge on any atom is -0.309 e. The van der Waals surface area contributed by atoms with Gasteiger partial charge in [-0.2, -0.15) is 11.8 Å². The number of nitrogens with one attached hydrogen (secondary N) is 1. The van der Waals surface area contributed by atoms with Crippen LogP contribution in [0, 0.1) is 5.82 Å². The van der Waals surface area contributed by atoms with Gasteiger partial charge in [0.2, 0.25) is 0 Å². The summed E-state index contributed by atoms with van der Waals surface area (Å²) in [6, 6.07) is 7.26. The maximum Gasteiger partial charge on any atom is 0.123 e. The van der Waals surface area contributed by atoms with E-state index >= 15 is 0 Å². The first-order chi connectivity index (χ1) is 8.15. The van der Waals surface area contributed by atoms with Gasteiger partial charge in [-0.15, -0.1) is 0 Å². The molecule has 0 bridgehead atoms. The van der Waals surface area contributed by atoms with Gasteiger partial charge in [0.25, 0.3) is 0 Å². The zero-order valence-corrected chi connectivity index (χ0v) is 11.3. The second-order valence-corrected chi connectivity index (χ2v) is 6.44.